The van der Waals surface area contributed by atoms with E-state index in [1.54, 1.807) is 0 Å². The van der Waals surface area contributed by atoms with Crippen LogP contribution in [0.4, 0.5) is 0 Å². The van der Waals surface area contributed by atoms with E-state index in [-0.39, 0.29) is 6.10 Å². The van der Waals surface area contributed by atoms with Crippen LogP contribution in [0.15, 0.2) is 0 Å². The van der Waals surface area contributed by atoms with E-state index in [1.165, 1.54) is 32.1 Å². The summed E-state index contributed by atoms with van der Waals surface area (Å²) in [5.74, 6) is 1.86. The minimum Gasteiger partial charge on any atom is -0.393 e. The van der Waals surface area contributed by atoms with Crippen LogP contribution in [0.5, 0.6) is 0 Å². The second-order valence-electron chi connectivity index (χ2n) is 4.55. The van der Waals surface area contributed by atoms with Crippen LogP contribution in [-0.4, -0.2) is 11.2 Å². The summed E-state index contributed by atoms with van der Waals surface area (Å²) in [4.78, 5) is 0. The van der Waals surface area contributed by atoms with Crippen molar-refractivity contribution in [1.29, 1.82) is 0 Å². The molecule has 1 saturated carbocycles. The molecule has 1 fully saturated rings. The smallest absolute Gasteiger partial charge is 0.0512 e. The molecular formula is C11H22O. The van der Waals surface area contributed by atoms with E-state index in [0.29, 0.717) is 0 Å². The van der Waals surface area contributed by atoms with Gasteiger partial charge in [-0.25, -0.2) is 0 Å². The van der Waals surface area contributed by atoms with Crippen LogP contribution in [-0.2, 0) is 0 Å². The predicted molar refractivity (Wildman–Crippen MR) is 52.0 cm³/mol. The second kappa shape index (κ2) is 4.86. The Labute approximate surface area is 76.2 Å². The molecule has 0 spiro atoms. The second-order valence-corrected chi connectivity index (χ2v) is 4.55. The van der Waals surface area contributed by atoms with Crippen molar-refractivity contribution in [3.05, 3.63) is 0 Å². The Hall–Kier alpha value is -0.0400. The lowest BCUT2D eigenvalue weighted by Crippen LogP contribution is -2.14. The number of rotatable bonds is 3. The van der Waals surface area contributed by atoms with Crippen LogP contribution in [0.3, 0.4) is 0 Å². The normalized spacial score (nSPS) is 33.2. The molecule has 1 aliphatic carbocycles. The van der Waals surface area contributed by atoms with Gasteiger partial charge in [-0.05, 0) is 31.6 Å². The van der Waals surface area contributed by atoms with E-state index >= 15 is 0 Å². The Morgan fingerprint density at radius 3 is 2.33 bits per heavy atom. The van der Waals surface area contributed by atoms with Crippen LogP contribution < -0.4 is 0 Å². The van der Waals surface area contributed by atoms with Gasteiger partial charge < -0.3 is 5.11 Å². The Morgan fingerprint density at radius 1 is 1.25 bits per heavy atom. The Morgan fingerprint density at radius 2 is 1.83 bits per heavy atom. The molecule has 0 aromatic heterocycles. The highest BCUT2D eigenvalue weighted by molar-refractivity contribution is 4.70. The zero-order chi connectivity index (χ0) is 8.97. The third-order valence-corrected chi connectivity index (χ3v) is 3.13. The molecule has 0 bridgehead atoms. The lowest BCUT2D eigenvalue weighted by molar-refractivity contribution is 0.163. The molecule has 1 heteroatoms. The van der Waals surface area contributed by atoms with Crippen molar-refractivity contribution >= 4 is 0 Å². The quantitative estimate of drug-likeness (QED) is 0.690. The molecule has 0 aliphatic heterocycles. The first-order valence-electron chi connectivity index (χ1n) is 5.36. The van der Waals surface area contributed by atoms with Crippen LogP contribution >= 0.6 is 0 Å². The molecular weight excluding hydrogens is 148 g/mol. The molecule has 1 rings (SSSR count). The minimum atomic E-state index is -0.0932. The number of aliphatic hydroxyl groups excluding tert-OH is 1. The molecule has 0 aromatic rings. The van der Waals surface area contributed by atoms with Gasteiger partial charge in [-0.2, -0.15) is 0 Å². The summed E-state index contributed by atoms with van der Waals surface area (Å²) in [6.07, 6.45) is 7.75. The summed E-state index contributed by atoms with van der Waals surface area (Å²) in [5.41, 5.74) is 0. The highest BCUT2D eigenvalue weighted by atomic mass is 16.3. The highest BCUT2D eigenvalue weighted by Gasteiger charge is 2.17. The molecule has 0 unspecified atom stereocenters. The molecule has 0 radical (unpaired) electrons. The van der Waals surface area contributed by atoms with Crippen LogP contribution in [0.2, 0.25) is 0 Å². The fourth-order valence-corrected chi connectivity index (χ4v) is 2.09. The Balaban J connectivity index is 2.09. The van der Waals surface area contributed by atoms with Gasteiger partial charge in [0.2, 0.25) is 0 Å². The summed E-state index contributed by atoms with van der Waals surface area (Å²) in [5, 5.41) is 9.14. The molecule has 72 valence electrons. The van der Waals surface area contributed by atoms with Gasteiger partial charge in [-0.3, -0.25) is 0 Å². The minimum absolute atomic E-state index is 0.0932. The van der Waals surface area contributed by atoms with Crippen LogP contribution in [0.25, 0.3) is 0 Å². The van der Waals surface area contributed by atoms with Gasteiger partial charge in [0.15, 0.2) is 0 Å². The highest BCUT2D eigenvalue weighted by Crippen LogP contribution is 2.31. The molecule has 0 heterocycles. The third-order valence-electron chi connectivity index (χ3n) is 3.13. The lowest BCUT2D eigenvalue weighted by Gasteiger charge is -2.26. The Bertz CT molecular complexity index is 112. The average Bonchev–Trinajstić information content (AvgIpc) is 2.03. The number of hydrogen-bond acceptors (Lipinski definition) is 1. The van der Waals surface area contributed by atoms with Gasteiger partial charge in [0.25, 0.3) is 0 Å². The van der Waals surface area contributed by atoms with Gasteiger partial charge >= 0.3 is 0 Å². The summed E-state index contributed by atoms with van der Waals surface area (Å²) < 4.78 is 0. The Kier molecular flexibility index (Phi) is 4.07. The first-order valence-corrected chi connectivity index (χ1v) is 5.36. The fraction of sp³-hybridized carbons (Fsp3) is 1.00. The predicted octanol–water partition coefficient (Wildman–Crippen LogP) is 2.97. The molecule has 0 amide bonds. The van der Waals surface area contributed by atoms with E-state index in [9.17, 15) is 0 Å². The van der Waals surface area contributed by atoms with Crippen molar-refractivity contribution in [3.63, 3.8) is 0 Å². The van der Waals surface area contributed by atoms with Crippen LogP contribution in [0.1, 0.15) is 52.4 Å². The first-order chi connectivity index (χ1) is 5.68. The monoisotopic (exact) mass is 170 g/mol. The van der Waals surface area contributed by atoms with Crippen molar-refractivity contribution in [2.75, 3.05) is 0 Å². The van der Waals surface area contributed by atoms with Crippen molar-refractivity contribution in [2.45, 2.75) is 58.5 Å². The zero-order valence-electron chi connectivity index (χ0n) is 8.42. The van der Waals surface area contributed by atoms with E-state index in [1.807, 2.05) is 6.92 Å². The van der Waals surface area contributed by atoms with Crippen molar-refractivity contribution in [1.82, 2.24) is 0 Å². The summed E-state index contributed by atoms with van der Waals surface area (Å²) >= 11 is 0. The summed E-state index contributed by atoms with van der Waals surface area (Å²) in [7, 11) is 0. The molecule has 12 heavy (non-hydrogen) atoms. The average molecular weight is 170 g/mol. The topological polar surface area (TPSA) is 20.2 Å². The number of hydrogen-bond donors (Lipinski definition) is 1. The third kappa shape index (κ3) is 3.57. The summed E-state index contributed by atoms with van der Waals surface area (Å²) in [6, 6.07) is 0. The molecule has 1 atom stereocenters. The maximum atomic E-state index is 9.14. The van der Waals surface area contributed by atoms with Gasteiger partial charge in [-0.15, -0.1) is 0 Å². The van der Waals surface area contributed by atoms with Gasteiger partial charge in [0, 0.05) is 0 Å². The maximum absolute atomic E-state index is 9.14. The molecule has 1 nitrogen and oxygen atoms in total. The molecule has 1 aliphatic rings. The fourth-order valence-electron chi connectivity index (χ4n) is 2.09. The SMILES string of the molecule is CC1CCC(CC[C@H](C)O)CC1. The largest absolute Gasteiger partial charge is 0.393 e. The molecule has 0 aromatic carbocycles. The number of aliphatic hydroxyl groups is 1. The van der Waals surface area contributed by atoms with Gasteiger partial charge in [0.05, 0.1) is 6.10 Å². The van der Waals surface area contributed by atoms with E-state index in [0.717, 1.165) is 18.3 Å². The molecule has 1 N–H and O–H groups in total. The zero-order valence-corrected chi connectivity index (χ0v) is 8.42. The first kappa shape index (κ1) is 10.0. The van der Waals surface area contributed by atoms with Crippen molar-refractivity contribution in [3.8, 4) is 0 Å². The van der Waals surface area contributed by atoms with E-state index in [2.05, 4.69) is 6.92 Å². The van der Waals surface area contributed by atoms with Gasteiger partial charge in [-0.1, -0.05) is 32.6 Å². The maximum Gasteiger partial charge on any atom is 0.0512 e. The van der Waals surface area contributed by atoms with Crippen molar-refractivity contribution in [2.24, 2.45) is 11.8 Å². The van der Waals surface area contributed by atoms with E-state index < -0.39 is 0 Å². The lowest BCUT2D eigenvalue weighted by atomic mass is 9.80. The van der Waals surface area contributed by atoms with Gasteiger partial charge in [0.1, 0.15) is 0 Å². The standard InChI is InChI=1S/C11H22O/c1-9-3-6-11(7-4-9)8-5-10(2)12/h9-12H,3-8H2,1-2H3/t9?,10-,11?/m0/s1. The summed E-state index contributed by atoms with van der Waals surface area (Å²) in [6.45, 7) is 4.25. The van der Waals surface area contributed by atoms with Crippen LogP contribution in [0, 0.1) is 11.8 Å². The van der Waals surface area contributed by atoms with Crippen molar-refractivity contribution < 1.29 is 5.11 Å². The molecule has 0 saturated heterocycles. The van der Waals surface area contributed by atoms with E-state index in [4.69, 9.17) is 5.11 Å².